The highest BCUT2D eigenvalue weighted by atomic mass is 15.3. The fourth-order valence-electron chi connectivity index (χ4n) is 1.14. The molecule has 0 aliphatic carbocycles. The maximum Gasteiger partial charge on any atom is 0.0608 e. The molecule has 74 valence electrons. The molecule has 1 rings (SSSR count). The molecular formula is C12H16N2. The van der Waals surface area contributed by atoms with Gasteiger partial charge in [-0.25, -0.2) is 4.68 Å². The average Bonchev–Trinajstić information content (AvgIpc) is 2.69. The Balaban J connectivity index is 2.98. The van der Waals surface area contributed by atoms with Crippen LogP contribution in [0.3, 0.4) is 0 Å². The smallest absolute Gasteiger partial charge is 0.0608 e. The molecule has 1 aromatic rings. The van der Waals surface area contributed by atoms with Crippen LogP contribution in [0.15, 0.2) is 48.8 Å². The molecule has 2 heteroatoms. The van der Waals surface area contributed by atoms with Gasteiger partial charge in [-0.1, -0.05) is 25.7 Å². The normalized spacial score (nSPS) is 13.0. The summed E-state index contributed by atoms with van der Waals surface area (Å²) in [7, 11) is 0. The summed E-state index contributed by atoms with van der Waals surface area (Å²) >= 11 is 0. The molecule has 0 unspecified atom stereocenters. The minimum atomic E-state index is 0.996. The van der Waals surface area contributed by atoms with Crippen molar-refractivity contribution < 1.29 is 0 Å². The third-order valence-corrected chi connectivity index (χ3v) is 1.88. The third kappa shape index (κ3) is 2.73. The van der Waals surface area contributed by atoms with Gasteiger partial charge in [0.1, 0.15) is 0 Å². The van der Waals surface area contributed by atoms with Crippen LogP contribution in [0.2, 0.25) is 0 Å². The summed E-state index contributed by atoms with van der Waals surface area (Å²) in [5.41, 5.74) is 2.23. The Bertz CT molecular complexity index is 342. The maximum absolute atomic E-state index is 4.19. The van der Waals surface area contributed by atoms with E-state index in [2.05, 4.69) is 30.8 Å². The number of aromatic nitrogens is 2. The monoisotopic (exact) mass is 188 g/mol. The van der Waals surface area contributed by atoms with Gasteiger partial charge in [0.2, 0.25) is 0 Å². The van der Waals surface area contributed by atoms with Gasteiger partial charge in [0, 0.05) is 12.4 Å². The Morgan fingerprint density at radius 2 is 2.36 bits per heavy atom. The van der Waals surface area contributed by atoms with Crippen LogP contribution in [-0.4, -0.2) is 9.78 Å². The Hall–Kier alpha value is -1.57. The fraction of sp³-hybridized carbons (Fsp3) is 0.250. The summed E-state index contributed by atoms with van der Waals surface area (Å²) < 4.78 is 1.86. The second kappa shape index (κ2) is 5.22. The molecular weight excluding hydrogens is 172 g/mol. The number of nitrogens with zero attached hydrogens (tertiary/aromatic N) is 2. The molecule has 0 fully saturated rings. The van der Waals surface area contributed by atoms with E-state index in [-0.39, 0.29) is 0 Å². The van der Waals surface area contributed by atoms with E-state index in [0.717, 1.165) is 17.7 Å². The van der Waals surface area contributed by atoms with Gasteiger partial charge < -0.3 is 0 Å². The molecule has 0 atom stereocenters. The van der Waals surface area contributed by atoms with Crippen molar-refractivity contribution in [2.24, 2.45) is 0 Å². The van der Waals surface area contributed by atoms with Crippen LogP contribution in [0, 0.1) is 0 Å². The molecule has 0 bridgehead atoms. The molecule has 0 aromatic carbocycles. The molecule has 0 aliphatic rings. The summed E-state index contributed by atoms with van der Waals surface area (Å²) in [6.07, 6.45) is 10.8. The second-order valence-corrected chi connectivity index (χ2v) is 3.08. The van der Waals surface area contributed by atoms with Crippen molar-refractivity contribution in [3.05, 3.63) is 48.8 Å². The van der Waals surface area contributed by atoms with Gasteiger partial charge in [0.15, 0.2) is 0 Å². The zero-order valence-corrected chi connectivity index (χ0v) is 8.77. The SMILES string of the molecule is C=C/C(C)=C\C(=C/CC)n1cccn1. The van der Waals surface area contributed by atoms with Crippen LogP contribution in [0.1, 0.15) is 20.3 Å². The summed E-state index contributed by atoms with van der Waals surface area (Å²) in [6.45, 7) is 7.87. The summed E-state index contributed by atoms with van der Waals surface area (Å²) in [4.78, 5) is 0. The third-order valence-electron chi connectivity index (χ3n) is 1.88. The van der Waals surface area contributed by atoms with Gasteiger partial charge in [-0.05, 0) is 31.1 Å². The van der Waals surface area contributed by atoms with Crippen molar-refractivity contribution in [1.29, 1.82) is 0 Å². The van der Waals surface area contributed by atoms with E-state index in [4.69, 9.17) is 0 Å². The molecule has 0 saturated carbocycles. The second-order valence-electron chi connectivity index (χ2n) is 3.08. The van der Waals surface area contributed by atoms with Gasteiger partial charge in [0.25, 0.3) is 0 Å². The number of hydrogen-bond acceptors (Lipinski definition) is 1. The van der Waals surface area contributed by atoms with Crippen LogP contribution in [0.4, 0.5) is 0 Å². The molecule has 0 radical (unpaired) electrons. The molecule has 0 saturated heterocycles. The molecule has 1 aromatic heterocycles. The number of allylic oxidation sites excluding steroid dienone is 5. The van der Waals surface area contributed by atoms with E-state index in [9.17, 15) is 0 Å². The van der Waals surface area contributed by atoms with Gasteiger partial charge in [0.05, 0.1) is 5.70 Å². The highest BCUT2D eigenvalue weighted by molar-refractivity contribution is 5.58. The fourth-order valence-corrected chi connectivity index (χ4v) is 1.14. The van der Waals surface area contributed by atoms with Crippen molar-refractivity contribution >= 4 is 5.70 Å². The van der Waals surface area contributed by atoms with E-state index in [1.165, 1.54) is 0 Å². The zero-order chi connectivity index (χ0) is 10.4. The van der Waals surface area contributed by atoms with E-state index in [0.29, 0.717) is 0 Å². The Morgan fingerprint density at radius 3 is 2.86 bits per heavy atom. The Morgan fingerprint density at radius 1 is 1.57 bits per heavy atom. The van der Waals surface area contributed by atoms with E-state index < -0.39 is 0 Å². The first-order chi connectivity index (χ1) is 6.77. The van der Waals surface area contributed by atoms with Crippen molar-refractivity contribution in [2.45, 2.75) is 20.3 Å². The first kappa shape index (κ1) is 10.5. The van der Waals surface area contributed by atoms with Crippen molar-refractivity contribution in [3.8, 4) is 0 Å². The van der Waals surface area contributed by atoms with Crippen molar-refractivity contribution in [2.75, 3.05) is 0 Å². The molecule has 0 spiro atoms. The summed E-state index contributed by atoms with van der Waals surface area (Å²) in [5, 5.41) is 4.19. The minimum absolute atomic E-state index is 0.996. The average molecular weight is 188 g/mol. The highest BCUT2D eigenvalue weighted by Gasteiger charge is 1.95. The van der Waals surface area contributed by atoms with Gasteiger partial charge >= 0.3 is 0 Å². The first-order valence-corrected chi connectivity index (χ1v) is 4.78. The van der Waals surface area contributed by atoms with Crippen LogP contribution >= 0.6 is 0 Å². The molecule has 14 heavy (non-hydrogen) atoms. The first-order valence-electron chi connectivity index (χ1n) is 4.78. The lowest BCUT2D eigenvalue weighted by molar-refractivity contribution is 0.903. The van der Waals surface area contributed by atoms with Crippen LogP contribution < -0.4 is 0 Å². The number of hydrogen-bond donors (Lipinski definition) is 0. The van der Waals surface area contributed by atoms with Crippen molar-refractivity contribution in [1.82, 2.24) is 9.78 Å². The van der Waals surface area contributed by atoms with Crippen LogP contribution in [-0.2, 0) is 0 Å². The van der Waals surface area contributed by atoms with Crippen LogP contribution in [0.5, 0.6) is 0 Å². The maximum atomic E-state index is 4.19. The van der Waals surface area contributed by atoms with Gasteiger partial charge in [-0.3, -0.25) is 0 Å². The predicted molar refractivity (Wildman–Crippen MR) is 60.7 cm³/mol. The largest absolute Gasteiger partial charge is 0.241 e. The number of rotatable bonds is 4. The Kier molecular flexibility index (Phi) is 3.92. The van der Waals surface area contributed by atoms with Crippen molar-refractivity contribution in [3.63, 3.8) is 0 Å². The molecule has 0 amide bonds. The van der Waals surface area contributed by atoms with Gasteiger partial charge in [-0.2, -0.15) is 5.10 Å². The standard InChI is InChI=1S/C12H16N2/c1-4-7-12(10-11(3)5-2)14-9-6-8-13-14/h5-10H,2,4H2,1,3H3/b11-10-,12-7+. The summed E-state index contributed by atoms with van der Waals surface area (Å²) in [5.74, 6) is 0. The molecule has 1 heterocycles. The predicted octanol–water partition coefficient (Wildman–Crippen LogP) is 3.27. The lowest BCUT2D eigenvalue weighted by Crippen LogP contribution is -1.95. The van der Waals surface area contributed by atoms with E-state index >= 15 is 0 Å². The Labute approximate surface area is 85.3 Å². The molecule has 0 N–H and O–H groups in total. The van der Waals surface area contributed by atoms with Crippen LogP contribution in [0.25, 0.3) is 5.70 Å². The molecule has 2 nitrogen and oxygen atoms in total. The lowest BCUT2D eigenvalue weighted by Gasteiger charge is -2.02. The van der Waals surface area contributed by atoms with E-state index in [1.54, 1.807) is 6.20 Å². The minimum Gasteiger partial charge on any atom is -0.241 e. The van der Waals surface area contributed by atoms with Gasteiger partial charge in [-0.15, -0.1) is 0 Å². The molecule has 0 aliphatic heterocycles. The highest BCUT2D eigenvalue weighted by Crippen LogP contribution is 2.09. The van der Waals surface area contributed by atoms with E-state index in [1.807, 2.05) is 29.9 Å². The topological polar surface area (TPSA) is 17.8 Å². The zero-order valence-electron chi connectivity index (χ0n) is 8.77. The quantitative estimate of drug-likeness (QED) is 0.663. The summed E-state index contributed by atoms with van der Waals surface area (Å²) in [6, 6.07) is 1.92. The lowest BCUT2D eigenvalue weighted by atomic mass is 10.2.